The summed E-state index contributed by atoms with van der Waals surface area (Å²) in [6.07, 6.45) is 3.61. The van der Waals surface area contributed by atoms with Crippen LogP contribution in [0.15, 0.2) is 24.4 Å². The first-order valence-electron chi connectivity index (χ1n) is 12.6. The fourth-order valence-corrected chi connectivity index (χ4v) is 4.27. The first kappa shape index (κ1) is 26.7. The Hall–Kier alpha value is -2.87. The van der Waals surface area contributed by atoms with Gasteiger partial charge in [-0.1, -0.05) is 6.07 Å². The second-order valence-corrected chi connectivity index (χ2v) is 10.2. The van der Waals surface area contributed by atoms with Gasteiger partial charge in [0, 0.05) is 38.8 Å². The SMILES string of the molecule is CCOCCCNC(=O)c1cnn(-c2ccc(C)c(C)c2)c1C1CCN(C(=O)OC(C)(C)C)CC1. The van der Waals surface area contributed by atoms with Crippen LogP contribution >= 0.6 is 0 Å². The Bertz CT molecular complexity index is 1020. The summed E-state index contributed by atoms with van der Waals surface area (Å²) in [7, 11) is 0. The topological polar surface area (TPSA) is 85.7 Å². The van der Waals surface area contributed by atoms with E-state index in [1.807, 2.05) is 38.4 Å². The normalized spacial score (nSPS) is 14.7. The largest absolute Gasteiger partial charge is 0.444 e. The zero-order chi connectivity index (χ0) is 25.6. The monoisotopic (exact) mass is 484 g/mol. The van der Waals surface area contributed by atoms with Crippen LogP contribution < -0.4 is 5.32 Å². The zero-order valence-electron chi connectivity index (χ0n) is 22.0. The minimum absolute atomic E-state index is 0.0990. The van der Waals surface area contributed by atoms with Gasteiger partial charge in [0.25, 0.3) is 5.91 Å². The molecular weight excluding hydrogens is 444 g/mol. The summed E-state index contributed by atoms with van der Waals surface area (Å²) in [5.41, 5.74) is 4.29. The molecule has 0 atom stereocenters. The number of hydrogen-bond donors (Lipinski definition) is 1. The van der Waals surface area contributed by atoms with Crippen molar-refractivity contribution in [1.29, 1.82) is 0 Å². The molecule has 192 valence electrons. The highest BCUT2D eigenvalue weighted by Crippen LogP contribution is 2.33. The fourth-order valence-electron chi connectivity index (χ4n) is 4.27. The molecule has 1 aliphatic rings. The number of benzene rings is 1. The van der Waals surface area contributed by atoms with E-state index in [-0.39, 0.29) is 17.9 Å². The molecule has 1 aliphatic heterocycles. The lowest BCUT2D eigenvalue weighted by molar-refractivity contribution is 0.0203. The number of nitrogens with one attached hydrogen (secondary N) is 1. The number of piperidine rings is 1. The summed E-state index contributed by atoms with van der Waals surface area (Å²) < 4.78 is 12.8. The number of aryl methyl sites for hydroxylation is 2. The standard InChI is InChI=1S/C27H40N4O4/c1-7-34-16-8-13-28-25(32)23-18-29-31(22-10-9-19(2)20(3)17-22)24(23)21-11-14-30(15-12-21)26(33)35-27(4,5)6/h9-10,17-18,21H,7-8,11-16H2,1-6H3,(H,28,32). The van der Waals surface area contributed by atoms with Crippen molar-refractivity contribution in [2.24, 2.45) is 0 Å². The van der Waals surface area contributed by atoms with Crippen LogP contribution in [0.1, 0.15) is 80.1 Å². The molecule has 1 saturated heterocycles. The number of ether oxygens (including phenoxy) is 2. The summed E-state index contributed by atoms with van der Waals surface area (Å²) in [6, 6.07) is 6.22. The highest BCUT2D eigenvalue weighted by molar-refractivity contribution is 5.95. The van der Waals surface area contributed by atoms with Gasteiger partial charge < -0.3 is 19.7 Å². The van der Waals surface area contributed by atoms with Gasteiger partial charge in [-0.05, 0) is 84.1 Å². The molecule has 35 heavy (non-hydrogen) atoms. The highest BCUT2D eigenvalue weighted by atomic mass is 16.6. The number of aromatic nitrogens is 2. The van der Waals surface area contributed by atoms with E-state index in [0.717, 1.165) is 30.6 Å². The van der Waals surface area contributed by atoms with Crippen molar-refractivity contribution in [3.05, 3.63) is 46.8 Å². The molecule has 0 radical (unpaired) electrons. The molecule has 0 aliphatic carbocycles. The first-order chi connectivity index (χ1) is 16.6. The molecule has 0 unspecified atom stereocenters. The maximum absolute atomic E-state index is 13.1. The predicted molar refractivity (Wildman–Crippen MR) is 136 cm³/mol. The third kappa shape index (κ3) is 7.07. The van der Waals surface area contributed by atoms with E-state index < -0.39 is 5.60 Å². The van der Waals surface area contributed by atoms with Gasteiger partial charge in [0.1, 0.15) is 5.60 Å². The zero-order valence-corrected chi connectivity index (χ0v) is 22.0. The Morgan fingerprint density at radius 2 is 1.86 bits per heavy atom. The lowest BCUT2D eigenvalue weighted by Crippen LogP contribution is -2.41. The van der Waals surface area contributed by atoms with Crippen molar-refractivity contribution in [2.75, 3.05) is 32.8 Å². The third-order valence-corrected chi connectivity index (χ3v) is 6.27. The molecule has 2 heterocycles. The van der Waals surface area contributed by atoms with Crippen molar-refractivity contribution in [3.8, 4) is 5.69 Å². The number of likely N-dealkylation sites (tertiary alicyclic amines) is 1. The Balaban J connectivity index is 1.82. The molecule has 8 heteroatoms. The number of nitrogens with zero attached hydrogens (tertiary/aromatic N) is 3. The molecular formula is C27H40N4O4. The van der Waals surface area contributed by atoms with Gasteiger partial charge >= 0.3 is 6.09 Å². The Morgan fingerprint density at radius 1 is 1.14 bits per heavy atom. The van der Waals surface area contributed by atoms with Crippen molar-refractivity contribution in [2.45, 2.75) is 72.3 Å². The van der Waals surface area contributed by atoms with Gasteiger partial charge in [-0.3, -0.25) is 4.79 Å². The molecule has 1 fully saturated rings. The lowest BCUT2D eigenvalue weighted by Gasteiger charge is -2.34. The number of carbonyl (C=O) groups is 2. The van der Waals surface area contributed by atoms with Crippen molar-refractivity contribution >= 4 is 12.0 Å². The van der Waals surface area contributed by atoms with Crippen LogP contribution in [-0.4, -0.2) is 65.1 Å². The van der Waals surface area contributed by atoms with E-state index in [1.165, 1.54) is 11.1 Å². The molecule has 1 aromatic carbocycles. The summed E-state index contributed by atoms with van der Waals surface area (Å²) in [5.74, 6) is -0.0249. The van der Waals surface area contributed by atoms with Gasteiger partial charge in [-0.25, -0.2) is 9.48 Å². The summed E-state index contributed by atoms with van der Waals surface area (Å²) in [4.78, 5) is 27.4. The minimum atomic E-state index is -0.525. The number of carbonyl (C=O) groups excluding carboxylic acids is 2. The van der Waals surface area contributed by atoms with Crippen LogP contribution in [0, 0.1) is 13.8 Å². The second-order valence-electron chi connectivity index (χ2n) is 10.2. The van der Waals surface area contributed by atoms with Crippen molar-refractivity contribution in [3.63, 3.8) is 0 Å². The Kier molecular flexibility index (Phi) is 8.94. The number of amides is 2. The van der Waals surface area contributed by atoms with Crippen molar-refractivity contribution < 1.29 is 19.1 Å². The summed E-state index contributed by atoms with van der Waals surface area (Å²) in [5, 5.41) is 7.66. The average Bonchev–Trinajstić information content (AvgIpc) is 3.25. The summed E-state index contributed by atoms with van der Waals surface area (Å²) in [6.45, 7) is 14.7. The van der Waals surface area contributed by atoms with Crippen LogP contribution in [0.3, 0.4) is 0 Å². The molecule has 2 aromatic rings. The second kappa shape index (κ2) is 11.7. The predicted octanol–water partition coefficient (Wildman–Crippen LogP) is 4.76. The van der Waals surface area contributed by atoms with E-state index in [9.17, 15) is 9.59 Å². The van der Waals surface area contributed by atoms with E-state index in [0.29, 0.717) is 38.4 Å². The third-order valence-electron chi connectivity index (χ3n) is 6.27. The van der Waals surface area contributed by atoms with E-state index in [1.54, 1.807) is 11.1 Å². The van der Waals surface area contributed by atoms with E-state index in [4.69, 9.17) is 9.47 Å². The van der Waals surface area contributed by atoms with Gasteiger partial charge in [0.15, 0.2) is 0 Å². The van der Waals surface area contributed by atoms with Gasteiger partial charge in [0.05, 0.1) is 23.1 Å². The van der Waals surface area contributed by atoms with Gasteiger partial charge in [-0.2, -0.15) is 5.10 Å². The van der Waals surface area contributed by atoms with Crippen LogP contribution in [0.4, 0.5) is 4.79 Å². The molecule has 0 bridgehead atoms. The molecule has 3 rings (SSSR count). The first-order valence-corrected chi connectivity index (χ1v) is 12.6. The van der Waals surface area contributed by atoms with Crippen LogP contribution in [-0.2, 0) is 9.47 Å². The molecule has 0 spiro atoms. The molecule has 1 N–H and O–H groups in total. The molecule has 1 aromatic heterocycles. The highest BCUT2D eigenvalue weighted by Gasteiger charge is 2.32. The molecule has 2 amide bonds. The minimum Gasteiger partial charge on any atom is -0.444 e. The molecule has 0 saturated carbocycles. The molecule has 8 nitrogen and oxygen atoms in total. The number of rotatable bonds is 8. The number of hydrogen-bond acceptors (Lipinski definition) is 5. The van der Waals surface area contributed by atoms with Crippen molar-refractivity contribution in [1.82, 2.24) is 20.0 Å². The average molecular weight is 485 g/mol. The van der Waals surface area contributed by atoms with Crippen LogP contribution in [0.2, 0.25) is 0 Å². The Labute approximate surface area is 209 Å². The van der Waals surface area contributed by atoms with E-state index >= 15 is 0 Å². The Morgan fingerprint density at radius 3 is 2.49 bits per heavy atom. The summed E-state index contributed by atoms with van der Waals surface area (Å²) >= 11 is 0. The quantitative estimate of drug-likeness (QED) is 0.546. The lowest BCUT2D eigenvalue weighted by atomic mass is 9.90. The smallest absolute Gasteiger partial charge is 0.410 e. The fraction of sp³-hybridized carbons (Fsp3) is 0.593. The maximum Gasteiger partial charge on any atom is 0.410 e. The van der Waals surface area contributed by atoms with Gasteiger partial charge in [0.2, 0.25) is 0 Å². The van der Waals surface area contributed by atoms with Crippen LogP contribution in [0.5, 0.6) is 0 Å². The van der Waals surface area contributed by atoms with Crippen LogP contribution in [0.25, 0.3) is 5.69 Å². The van der Waals surface area contributed by atoms with Gasteiger partial charge in [-0.15, -0.1) is 0 Å². The van der Waals surface area contributed by atoms with E-state index in [2.05, 4.69) is 36.4 Å². The maximum atomic E-state index is 13.1.